The molecule has 0 bridgehead atoms. The molecule has 1 fully saturated rings. The largest absolute Gasteiger partial charge is 0.341 e. The van der Waals surface area contributed by atoms with Crippen molar-refractivity contribution in [3.05, 3.63) is 63.1 Å². The number of benzene rings is 2. The minimum absolute atomic E-state index is 0.348. The lowest BCUT2D eigenvalue weighted by Crippen LogP contribution is -2.34. The fourth-order valence-corrected chi connectivity index (χ4v) is 3.96. The molecular weight excluding hydrogens is 457 g/mol. The number of nitrogens with one attached hydrogen (secondary N) is 2. The average molecular weight is 484 g/mol. The summed E-state index contributed by atoms with van der Waals surface area (Å²) < 4.78 is 0. The van der Waals surface area contributed by atoms with Crippen molar-refractivity contribution in [2.75, 3.05) is 28.7 Å². The highest BCUT2D eigenvalue weighted by atomic mass is 35.5. The Morgan fingerprint density at radius 1 is 1.00 bits per heavy atom. The molecule has 1 aromatic heterocycles. The van der Waals surface area contributed by atoms with Gasteiger partial charge in [0.15, 0.2) is 0 Å². The monoisotopic (exact) mass is 483 g/mol. The molecule has 2 heterocycles. The third kappa shape index (κ3) is 5.72. The van der Waals surface area contributed by atoms with Crippen molar-refractivity contribution in [1.29, 1.82) is 0 Å². The van der Waals surface area contributed by atoms with Gasteiger partial charge >= 0.3 is 0 Å². The highest BCUT2D eigenvalue weighted by molar-refractivity contribution is 6.43. The van der Waals surface area contributed by atoms with E-state index in [9.17, 15) is 0 Å². The quantitative estimate of drug-likeness (QED) is 0.320. The molecule has 0 radical (unpaired) electrons. The number of hydrogen-bond donors (Lipinski definition) is 2. The summed E-state index contributed by atoms with van der Waals surface area (Å²) in [6.45, 7) is 8.26. The van der Waals surface area contributed by atoms with Gasteiger partial charge in [0.25, 0.3) is 0 Å². The Labute approximate surface area is 204 Å². The molecule has 2 aromatic carbocycles. The van der Waals surface area contributed by atoms with Crippen LogP contribution in [0.3, 0.4) is 0 Å². The normalized spacial score (nSPS) is 14.6. The van der Waals surface area contributed by atoms with E-state index in [-0.39, 0.29) is 0 Å². The zero-order chi connectivity index (χ0) is 23.4. The molecule has 0 unspecified atom stereocenters. The highest BCUT2D eigenvalue weighted by Crippen LogP contribution is 2.26. The van der Waals surface area contributed by atoms with Crippen LogP contribution >= 0.6 is 23.2 Å². The Morgan fingerprint density at radius 3 is 2.52 bits per heavy atom. The van der Waals surface area contributed by atoms with Crippen LogP contribution in [0.2, 0.25) is 10.0 Å². The number of anilines is 4. The Bertz CT molecular complexity index is 1160. The first-order chi connectivity index (χ1) is 15.9. The second kappa shape index (κ2) is 10.4. The molecule has 33 heavy (non-hydrogen) atoms. The molecule has 0 atom stereocenters. The van der Waals surface area contributed by atoms with Crippen molar-refractivity contribution in [2.45, 2.75) is 33.6 Å². The maximum absolute atomic E-state index is 6.25. The van der Waals surface area contributed by atoms with E-state index in [0.29, 0.717) is 39.4 Å². The Hall–Kier alpha value is -2.90. The van der Waals surface area contributed by atoms with Crippen molar-refractivity contribution < 1.29 is 0 Å². The zero-order valence-electron chi connectivity index (χ0n) is 18.9. The first-order valence-corrected chi connectivity index (χ1v) is 11.7. The van der Waals surface area contributed by atoms with E-state index in [1.54, 1.807) is 12.3 Å². The third-order valence-corrected chi connectivity index (χ3v) is 6.72. The van der Waals surface area contributed by atoms with Gasteiger partial charge in [-0.2, -0.15) is 20.1 Å². The van der Waals surface area contributed by atoms with E-state index in [1.807, 2.05) is 24.3 Å². The Balaban J connectivity index is 1.61. The summed E-state index contributed by atoms with van der Waals surface area (Å²) in [7, 11) is 0. The molecule has 0 amide bonds. The number of piperidine rings is 1. The van der Waals surface area contributed by atoms with Crippen molar-refractivity contribution in [1.82, 2.24) is 15.0 Å². The number of nitrogens with zero attached hydrogens (tertiary/aromatic N) is 5. The van der Waals surface area contributed by atoms with E-state index >= 15 is 0 Å². The fraction of sp³-hybridized carbons (Fsp3) is 0.333. The molecule has 3 aromatic rings. The Kier molecular flexibility index (Phi) is 7.30. The van der Waals surface area contributed by atoms with E-state index in [1.165, 1.54) is 5.56 Å². The van der Waals surface area contributed by atoms with Crippen LogP contribution in [0.4, 0.5) is 23.5 Å². The van der Waals surface area contributed by atoms with Crippen LogP contribution in [-0.2, 0) is 0 Å². The van der Waals surface area contributed by atoms with E-state index in [4.69, 9.17) is 28.2 Å². The van der Waals surface area contributed by atoms with E-state index < -0.39 is 0 Å². The van der Waals surface area contributed by atoms with Gasteiger partial charge in [-0.15, -0.1) is 0 Å². The maximum Gasteiger partial charge on any atom is 0.250 e. The lowest BCUT2D eigenvalue weighted by Gasteiger charge is -2.30. The fourth-order valence-electron chi connectivity index (χ4n) is 3.61. The molecule has 1 aliphatic heterocycles. The minimum atomic E-state index is 0.348. The summed E-state index contributed by atoms with van der Waals surface area (Å²) >= 11 is 12.3. The standard InChI is InChI=1S/C24H27Cl2N7/c1-15-10-12-33(13-11-15)24-30-22(28-20-9-4-6-16(2)17(20)3)29-23(31-24)32-27-14-18-7-5-8-19(25)21(18)26/h4-9,14-15H,10-13H2,1-3H3,(H2,28,29,30,31,32)/b27-14+. The molecular formula is C24H27Cl2N7. The summed E-state index contributed by atoms with van der Waals surface area (Å²) in [4.78, 5) is 16.0. The topological polar surface area (TPSA) is 78.3 Å². The molecule has 4 rings (SSSR count). The smallest absolute Gasteiger partial charge is 0.250 e. The number of rotatable bonds is 6. The van der Waals surface area contributed by atoms with Crippen molar-refractivity contribution in [3.8, 4) is 0 Å². The summed E-state index contributed by atoms with van der Waals surface area (Å²) in [5, 5.41) is 8.54. The van der Waals surface area contributed by atoms with Gasteiger partial charge in [0, 0.05) is 24.3 Å². The lowest BCUT2D eigenvalue weighted by atomic mass is 10.00. The summed E-state index contributed by atoms with van der Waals surface area (Å²) in [6.07, 6.45) is 3.82. The predicted molar refractivity (Wildman–Crippen MR) is 137 cm³/mol. The van der Waals surface area contributed by atoms with Crippen molar-refractivity contribution >= 4 is 52.9 Å². The van der Waals surface area contributed by atoms with Crippen LogP contribution in [-0.4, -0.2) is 34.3 Å². The minimum Gasteiger partial charge on any atom is -0.341 e. The number of hydrogen-bond acceptors (Lipinski definition) is 7. The zero-order valence-corrected chi connectivity index (χ0v) is 20.5. The first-order valence-electron chi connectivity index (χ1n) is 11.0. The van der Waals surface area contributed by atoms with Crippen LogP contribution < -0.4 is 15.6 Å². The second-order valence-corrected chi connectivity index (χ2v) is 9.12. The first kappa shape index (κ1) is 23.3. The second-order valence-electron chi connectivity index (χ2n) is 8.34. The van der Waals surface area contributed by atoms with Gasteiger partial charge in [-0.1, -0.05) is 54.4 Å². The molecule has 0 aliphatic carbocycles. The van der Waals surface area contributed by atoms with E-state index in [0.717, 1.165) is 37.2 Å². The van der Waals surface area contributed by atoms with Gasteiger partial charge in [0.1, 0.15) is 0 Å². The van der Waals surface area contributed by atoms with Crippen LogP contribution in [0.25, 0.3) is 0 Å². The SMILES string of the molecule is Cc1cccc(Nc2nc(N/N=C/c3cccc(Cl)c3Cl)nc(N3CCC(C)CC3)n2)c1C. The predicted octanol–water partition coefficient (Wildman–Crippen LogP) is 6.22. The number of aryl methyl sites for hydroxylation is 1. The number of halogens is 2. The molecule has 1 saturated heterocycles. The molecule has 2 N–H and O–H groups in total. The lowest BCUT2D eigenvalue weighted by molar-refractivity contribution is 0.434. The van der Waals surface area contributed by atoms with Gasteiger partial charge in [-0.05, 0) is 55.9 Å². The number of hydrazone groups is 1. The average Bonchev–Trinajstić information content (AvgIpc) is 2.80. The van der Waals surface area contributed by atoms with Crippen molar-refractivity contribution in [3.63, 3.8) is 0 Å². The van der Waals surface area contributed by atoms with Crippen LogP contribution in [0.5, 0.6) is 0 Å². The molecule has 9 heteroatoms. The summed E-state index contributed by atoms with van der Waals surface area (Å²) in [6, 6.07) is 11.5. The van der Waals surface area contributed by atoms with Gasteiger partial charge in [-0.25, -0.2) is 5.43 Å². The van der Waals surface area contributed by atoms with Crippen molar-refractivity contribution in [2.24, 2.45) is 11.0 Å². The molecule has 0 saturated carbocycles. The molecule has 0 spiro atoms. The van der Waals surface area contributed by atoms with E-state index in [2.05, 4.69) is 57.5 Å². The number of aromatic nitrogens is 3. The molecule has 7 nitrogen and oxygen atoms in total. The van der Waals surface area contributed by atoms with Crippen LogP contribution in [0, 0.1) is 19.8 Å². The third-order valence-electron chi connectivity index (χ3n) is 5.89. The Morgan fingerprint density at radius 2 is 1.73 bits per heavy atom. The van der Waals surface area contributed by atoms with Gasteiger partial charge in [0.05, 0.1) is 16.3 Å². The van der Waals surface area contributed by atoms with Crippen LogP contribution in [0.1, 0.15) is 36.5 Å². The van der Waals surface area contributed by atoms with Gasteiger partial charge in [-0.3, -0.25) is 0 Å². The molecule has 1 aliphatic rings. The van der Waals surface area contributed by atoms with Gasteiger partial charge < -0.3 is 10.2 Å². The van der Waals surface area contributed by atoms with Crippen LogP contribution in [0.15, 0.2) is 41.5 Å². The summed E-state index contributed by atoms with van der Waals surface area (Å²) in [5.74, 6) is 2.15. The maximum atomic E-state index is 6.25. The molecule has 172 valence electrons. The summed E-state index contributed by atoms with van der Waals surface area (Å²) in [5.41, 5.74) is 6.92. The highest BCUT2D eigenvalue weighted by Gasteiger charge is 2.20. The van der Waals surface area contributed by atoms with Gasteiger partial charge in [0.2, 0.25) is 17.8 Å².